The van der Waals surface area contributed by atoms with E-state index in [1.165, 1.54) is 0 Å². The van der Waals surface area contributed by atoms with Crippen molar-refractivity contribution in [2.24, 2.45) is 5.92 Å². The number of carbonyl (C=O) groups excluding carboxylic acids is 1. The van der Waals surface area contributed by atoms with Crippen LogP contribution in [0.25, 0.3) is 0 Å². The fourth-order valence-corrected chi connectivity index (χ4v) is 3.89. The fourth-order valence-electron chi connectivity index (χ4n) is 2.15. The van der Waals surface area contributed by atoms with Crippen LogP contribution in [0.2, 0.25) is 0 Å². The Hall–Kier alpha value is -1.63. The highest BCUT2D eigenvalue weighted by atomic mass is 32.2. The zero-order valence-corrected chi connectivity index (χ0v) is 12.5. The summed E-state index contributed by atoms with van der Waals surface area (Å²) in [6.07, 6.45) is 2.12. The van der Waals surface area contributed by atoms with Gasteiger partial charge in [-0.25, -0.2) is 13.4 Å². The summed E-state index contributed by atoms with van der Waals surface area (Å²) in [6, 6.07) is 3.73. The smallest absolute Gasteiger partial charge is 0.224 e. The van der Waals surface area contributed by atoms with E-state index in [-0.39, 0.29) is 17.4 Å². The first-order valence-corrected chi connectivity index (χ1v) is 8.30. The molecule has 0 spiro atoms. The highest BCUT2D eigenvalue weighted by molar-refractivity contribution is 7.91. The second kappa shape index (κ2) is 5.78. The minimum atomic E-state index is -3.02. The van der Waals surface area contributed by atoms with E-state index in [0.717, 1.165) is 11.4 Å². The van der Waals surface area contributed by atoms with Gasteiger partial charge in [-0.05, 0) is 24.1 Å². The van der Waals surface area contributed by atoms with Gasteiger partial charge < -0.3 is 10.2 Å². The Morgan fingerprint density at radius 3 is 2.85 bits per heavy atom. The maximum atomic E-state index is 11.9. The molecule has 0 radical (unpaired) electrons. The van der Waals surface area contributed by atoms with Crippen LogP contribution in [0.15, 0.2) is 18.3 Å². The highest BCUT2D eigenvalue weighted by Crippen LogP contribution is 2.18. The average molecular weight is 297 g/mol. The van der Waals surface area contributed by atoms with Crippen molar-refractivity contribution in [3.63, 3.8) is 0 Å². The molecule has 1 aromatic heterocycles. The molecule has 0 unspecified atom stereocenters. The Bertz CT molecular complexity index is 599. The number of nitrogens with one attached hydrogen (secondary N) is 1. The molecular formula is C13H19N3O3S. The van der Waals surface area contributed by atoms with Gasteiger partial charge in [0.1, 0.15) is 5.82 Å². The molecule has 0 bridgehead atoms. The summed E-state index contributed by atoms with van der Waals surface area (Å²) < 4.78 is 22.7. The maximum Gasteiger partial charge on any atom is 0.224 e. The van der Waals surface area contributed by atoms with Gasteiger partial charge in [0.05, 0.1) is 17.4 Å². The molecular weight excluding hydrogens is 278 g/mol. The molecule has 1 N–H and O–H groups in total. The zero-order chi connectivity index (χ0) is 14.8. The predicted molar refractivity (Wildman–Crippen MR) is 77.2 cm³/mol. The lowest BCUT2D eigenvalue weighted by Crippen LogP contribution is -2.31. The van der Waals surface area contributed by atoms with E-state index < -0.39 is 15.8 Å². The summed E-state index contributed by atoms with van der Waals surface area (Å²) in [4.78, 5) is 18.0. The van der Waals surface area contributed by atoms with Crippen LogP contribution in [0, 0.1) is 5.92 Å². The molecule has 20 heavy (non-hydrogen) atoms. The van der Waals surface area contributed by atoms with Crippen LogP contribution >= 0.6 is 0 Å². The molecule has 2 rings (SSSR count). The minimum absolute atomic E-state index is 0.0296. The summed E-state index contributed by atoms with van der Waals surface area (Å²) >= 11 is 0. The van der Waals surface area contributed by atoms with Crippen LogP contribution < -0.4 is 10.2 Å². The van der Waals surface area contributed by atoms with Crippen molar-refractivity contribution in [3.05, 3.63) is 23.9 Å². The topological polar surface area (TPSA) is 79.4 Å². The first-order chi connectivity index (χ1) is 9.37. The summed E-state index contributed by atoms with van der Waals surface area (Å²) in [5.74, 6) is 0.313. The first-order valence-electron chi connectivity index (χ1n) is 6.48. The van der Waals surface area contributed by atoms with Gasteiger partial charge >= 0.3 is 0 Å². The monoisotopic (exact) mass is 297 g/mol. The second-order valence-corrected chi connectivity index (χ2v) is 7.46. The number of nitrogens with zero attached hydrogens (tertiary/aromatic N) is 2. The van der Waals surface area contributed by atoms with Gasteiger partial charge in [-0.2, -0.15) is 0 Å². The number of rotatable bonds is 4. The first kappa shape index (κ1) is 14.8. The van der Waals surface area contributed by atoms with Crippen molar-refractivity contribution in [1.29, 1.82) is 0 Å². The predicted octanol–water partition coefficient (Wildman–Crippen LogP) is 0.198. The molecule has 1 aromatic rings. The van der Waals surface area contributed by atoms with Crippen LogP contribution in [-0.4, -0.2) is 44.9 Å². The third-order valence-corrected chi connectivity index (χ3v) is 5.11. The lowest BCUT2D eigenvalue weighted by atomic mass is 10.1. The number of sulfone groups is 1. The SMILES string of the molecule is CN(C)c1cc(CNC(=O)[C@@H]2CCS(=O)(=O)C2)ccn1. The highest BCUT2D eigenvalue weighted by Gasteiger charge is 2.32. The van der Waals surface area contributed by atoms with Gasteiger partial charge in [0.25, 0.3) is 0 Å². The number of hydrogen-bond donors (Lipinski definition) is 1. The Morgan fingerprint density at radius 1 is 1.50 bits per heavy atom. The maximum absolute atomic E-state index is 11.9. The van der Waals surface area contributed by atoms with Gasteiger partial charge in [-0.3, -0.25) is 4.79 Å². The lowest BCUT2D eigenvalue weighted by Gasteiger charge is -2.13. The van der Waals surface area contributed by atoms with Crippen molar-refractivity contribution in [2.45, 2.75) is 13.0 Å². The third kappa shape index (κ3) is 3.69. The normalized spacial score (nSPS) is 20.6. The van der Waals surface area contributed by atoms with Crippen molar-refractivity contribution >= 4 is 21.6 Å². The van der Waals surface area contributed by atoms with E-state index in [1.807, 2.05) is 31.1 Å². The van der Waals surface area contributed by atoms with Crippen molar-refractivity contribution in [3.8, 4) is 0 Å². The molecule has 1 saturated heterocycles. The fraction of sp³-hybridized carbons (Fsp3) is 0.538. The van der Waals surface area contributed by atoms with Gasteiger partial charge in [-0.15, -0.1) is 0 Å². The number of hydrogen-bond acceptors (Lipinski definition) is 5. The Labute approximate surface area is 119 Å². The van der Waals surface area contributed by atoms with Crippen molar-refractivity contribution in [2.75, 3.05) is 30.5 Å². The number of anilines is 1. The number of amides is 1. The summed E-state index contributed by atoms with van der Waals surface area (Å²) in [5.41, 5.74) is 0.943. The summed E-state index contributed by atoms with van der Waals surface area (Å²) in [5, 5.41) is 2.80. The van der Waals surface area contributed by atoms with E-state index >= 15 is 0 Å². The van der Waals surface area contributed by atoms with Gasteiger partial charge in [0.15, 0.2) is 9.84 Å². The molecule has 0 aliphatic carbocycles. The molecule has 1 atom stereocenters. The van der Waals surface area contributed by atoms with Gasteiger partial charge in [0.2, 0.25) is 5.91 Å². The van der Waals surface area contributed by atoms with E-state index in [0.29, 0.717) is 13.0 Å². The van der Waals surface area contributed by atoms with Crippen LogP contribution in [0.3, 0.4) is 0 Å². The van der Waals surface area contributed by atoms with Crippen molar-refractivity contribution < 1.29 is 13.2 Å². The van der Waals surface area contributed by atoms with Gasteiger partial charge in [0, 0.05) is 26.8 Å². The molecule has 1 aliphatic heterocycles. The molecule has 0 aromatic carbocycles. The Balaban J connectivity index is 1.92. The minimum Gasteiger partial charge on any atom is -0.363 e. The number of aromatic nitrogens is 1. The molecule has 7 heteroatoms. The molecule has 0 saturated carbocycles. The third-order valence-electron chi connectivity index (χ3n) is 3.34. The molecule has 6 nitrogen and oxygen atoms in total. The summed E-state index contributed by atoms with van der Waals surface area (Å²) in [7, 11) is 0.775. The molecule has 1 amide bonds. The zero-order valence-electron chi connectivity index (χ0n) is 11.7. The quantitative estimate of drug-likeness (QED) is 0.859. The van der Waals surface area contributed by atoms with E-state index in [9.17, 15) is 13.2 Å². The standard InChI is InChI=1S/C13H19N3O3S/c1-16(2)12-7-10(3-5-14-12)8-15-13(17)11-4-6-20(18,19)9-11/h3,5,7,11H,4,6,8-9H2,1-2H3,(H,15,17)/t11-/m1/s1. The van der Waals surface area contributed by atoms with E-state index in [1.54, 1.807) is 6.20 Å². The van der Waals surface area contributed by atoms with Crippen LogP contribution in [0.4, 0.5) is 5.82 Å². The molecule has 110 valence electrons. The van der Waals surface area contributed by atoms with Crippen LogP contribution in [0.1, 0.15) is 12.0 Å². The molecule has 2 heterocycles. The lowest BCUT2D eigenvalue weighted by molar-refractivity contribution is -0.124. The number of carbonyl (C=O) groups is 1. The van der Waals surface area contributed by atoms with Crippen LogP contribution in [0.5, 0.6) is 0 Å². The van der Waals surface area contributed by atoms with Gasteiger partial charge in [-0.1, -0.05) is 0 Å². The van der Waals surface area contributed by atoms with E-state index in [2.05, 4.69) is 10.3 Å². The Kier molecular flexibility index (Phi) is 4.27. The average Bonchev–Trinajstić information content (AvgIpc) is 2.77. The second-order valence-electron chi connectivity index (χ2n) is 5.23. The van der Waals surface area contributed by atoms with Crippen LogP contribution in [-0.2, 0) is 21.2 Å². The molecule has 1 aliphatic rings. The number of pyridine rings is 1. The largest absolute Gasteiger partial charge is 0.363 e. The van der Waals surface area contributed by atoms with Crippen molar-refractivity contribution in [1.82, 2.24) is 10.3 Å². The molecule has 1 fully saturated rings. The van der Waals surface area contributed by atoms with E-state index in [4.69, 9.17) is 0 Å². The summed E-state index contributed by atoms with van der Waals surface area (Å²) in [6.45, 7) is 0.388. The Morgan fingerprint density at radius 2 is 2.25 bits per heavy atom.